The second kappa shape index (κ2) is 10.0. The number of para-hydroxylation sites is 4. The topological polar surface area (TPSA) is 57.4 Å². The SMILES string of the molecule is O=c1nc2oc3ccc(-n4c5ccccc5c5cc(-c6ccc7c(c6)c6ccccc6n7-c6ccccc6)ccc54)cc3n2c2ccccc12. The number of oxazole rings is 1. The van der Waals surface area contributed by atoms with E-state index in [0.717, 1.165) is 39.0 Å². The molecule has 0 amide bonds. The zero-order valence-corrected chi connectivity index (χ0v) is 26.6. The largest absolute Gasteiger partial charge is 0.423 e. The fraction of sp³-hybridized carbons (Fsp3) is 0. The van der Waals surface area contributed by atoms with Crippen LogP contribution in [0.5, 0.6) is 0 Å². The molecule has 0 radical (unpaired) electrons. The molecule has 0 bridgehead atoms. The van der Waals surface area contributed by atoms with Gasteiger partial charge in [0.15, 0.2) is 5.58 Å². The third-order valence-electron chi connectivity index (χ3n) is 10.1. The van der Waals surface area contributed by atoms with Crippen LogP contribution in [-0.2, 0) is 0 Å². The number of nitrogens with zero attached hydrogens (tertiary/aromatic N) is 4. The molecule has 4 aromatic heterocycles. The van der Waals surface area contributed by atoms with Crippen LogP contribution in [-0.4, -0.2) is 18.5 Å². The fourth-order valence-corrected chi connectivity index (χ4v) is 7.89. The van der Waals surface area contributed by atoms with Gasteiger partial charge in [-0.3, -0.25) is 9.20 Å². The Morgan fingerprint density at radius 1 is 0.420 bits per heavy atom. The standard InChI is InChI=1S/C44H26N4O2/c49-43-33-14-6-9-17-38(33)48-41-26-30(20-23-42(41)50-44(48)45-43)47-37-16-8-5-13-32(37)35-25-28(19-22-40(35)47)27-18-21-39-34(24-27)31-12-4-7-15-36(31)46(39)29-10-2-1-3-11-29/h1-26H. The summed E-state index contributed by atoms with van der Waals surface area (Å²) in [4.78, 5) is 17.0. The Hall–Kier alpha value is -6.92. The van der Waals surface area contributed by atoms with Gasteiger partial charge in [0, 0.05) is 32.9 Å². The van der Waals surface area contributed by atoms with Crippen molar-refractivity contribution in [2.24, 2.45) is 0 Å². The molecule has 0 unspecified atom stereocenters. The van der Waals surface area contributed by atoms with Crippen LogP contribution in [0.2, 0.25) is 0 Å². The highest BCUT2D eigenvalue weighted by atomic mass is 16.4. The summed E-state index contributed by atoms with van der Waals surface area (Å²) in [6.07, 6.45) is 0. The van der Waals surface area contributed by atoms with Crippen molar-refractivity contribution >= 4 is 71.5 Å². The molecule has 4 heterocycles. The van der Waals surface area contributed by atoms with E-state index in [0.29, 0.717) is 11.0 Å². The van der Waals surface area contributed by atoms with Gasteiger partial charge in [0.2, 0.25) is 0 Å². The quantitative estimate of drug-likeness (QED) is 0.193. The molecule has 0 aliphatic rings. The minimum absolute atomic E-state index is 0.288. The Bertz CT molecular complexity index is 3230. The Labute approximate surface area is 284 Å². The van der Waals surface area contributed by atoms with Crippen LogP contribution in [0.25, 0.3) is 94.0 Å². The lowest BCUT2D eigenvalue weighted by molar-refractivity contribution is 0.636. The highest BCUT2D eigenvalue weighted by Crippen LogP contribution is 2.38. The van der Waals surface area contributed by atoms with Gasteiger partial charge in [-0.25, -0.2) is 0 Å². The maximum atomic E-state index is 12.7. The first-order chi connectivity index (χ1) is 24.7. The average molecular weight is 643 g/mol. The van der Waals surface area contributed by atoms with Gasteiger partial charge >= 0.3 is 5.84 Å². The van der Waals surface area contributed by atoms with Crippen molar-refractivity contribution < 1.29 is 4.42 Å². The molecule has 6 heteroatoms. The van der Waals surface area contributed by atoms with Crippen LogP contribution >= 0.6 is 0 Å². The number of hydrogen-bond acceptors (Lipinski definition) is 3. The minimum atomic E-state index is -0.292. The van der Waals surface area contributed by atoms with Crippen LogP contribution in [0, 0.1) is 0 Å². The number of hydrogen-bond donors (Lipinski definition) is 0. The monoisotopic (exact) mass is 642 g/mol. The molecule has 0 N–H and O–H groups in total. The smallest absolute Gasteiger partial charge is 0.310 e. The summed E-state index contributed by atoms with van der Waals surface area (Å²) < 4.78 is 12.7. The second-order valence-electron chi connectivity index (χ2n) is 12.8. The van der Waals surface area contributed by atoms with Crippen LogP contribution in [0.15, 0.2) is 167 Å². The van der Waals surface area contributed by atoms with Gasteiger partial charge < -0.3 is 13.6 Å². The Morgan fingerprint density at radius 2 is 0.960 bits per heavy atom. The van der Waals surface area contributed by atoms with Crippen LogP contribution < -0.4 is 5.56 Å². The van der Waals surface area contributed by atoms with Crippen molar-refractivity contribution in [1.82, 2.24) is 18.5 Å². The predicted octanol–water partition coefficient (Wildman–Crippen LogP) is 10.5. The number of benzene rings is 7. The first-order valence-electron chi connectivity index (χ1n) is 16.7. The van der Waals surface area contributed by atoms with E-state index < -0.39 is 0 Å². The van der Waals surface area contributed by atoms with Crippen molar-refractivity contribution in [1.29, 1.82) is 0 Å². The zero-order valence-electron chi connectivity index (χ0n) is 26.6. The van der Waals surface area contributed by atoms with Gasteiger partial charge in [0.25, 0.3) is 5.56 Å². The maximum absolute atomic E-state index is 12.7. The lowest BCUT2D eigenvalue weighted by atomic mass is 10.0. The molecule has 50 heavy (non-hydrogen) atoms. The molecule has 234 valence electrons. The van der Waals surface area contributed by atoms with E-state index in [4.69, 9.17) is 4.42 Å². The van der Waals surface area contributed by atoms with E-state index in [1.807, 2.05) is 34.7 Å². The normalized spacial score (nSPS) is 12.1. The molecule has 0 saturated carbocycles. The van der Waals surface area contributed by atoms with Gasteiger partial charge in [0.1, 0.15) is 0 Å². The zero-order chi connectivity index (χ0) is 32.9. The Morgan fingerprint density at radius 3 is 1.62 bits per heavy atom. The summed E-state index contributed by atoms with van der Waals surface area (Å²) in [6.45, 7) is 0. The minimum Gasteiger partial charge on any atom is -0.423 e. The first kappa shape index (κ1) is 27.1. The molecule has 0 atom stereocenters. The molecule has 0 aliphatic carbocycles. The lowest BCUT2D eigenvalue weighted by Crippen LogP contribution is -2.09. The molecule has 6 nitrogen and oxygen atoms in total. The summed E-state index contributed by atoms with van der Waals surface area (Å²) in [6, 6.07) is 55.1. The molecule has 0 fully saturated rings. The van der Waals surface area contributed by atoms with E-state index in [1.165, 1.54) is 38.1 Å². The molecule has 0 spiro atoms. The fourth-order valence-electron chi connectivity index (χ4n) is 7.89. The van der Waals surface area contributed by atoms with E-state index in [-0.39, 0.29) is 11.4 Å². The van der Waals surface area contributed by atoms with Crippen LogP contribution in [0.4, 0.5) is 0 Å². The van der Waals surface area contributed by atoms with Crippen molar-refractivity contribution in [3.05, 3.63) is 168 Å². The first-order valence-corrected chi connectivity index (χ1v) is 16.7. The van der Waals surface area contributed by atoms with E-state index >= 15 is 0 Å². The molecular weight excluding hydrogens is 617 g/mol. The van der Waals surface area contributed by atoms with Gasteiger partial charge in [-0.1, -0.05) is 78.9 Å². The summed E-state index contributed by atoms with van der Waals surface area (Å²) >= 11 is 0. The molecule has 0 aliphatic heterocycles. The van der Waals surface area contributed by atoms with Crippen molar-refractivity contribution in [3.8, 4) is 22.5 Å². The molecular formula is C44H26N4O2. The third-order valence-corrected chi connectivity index (χ3v) is 10.1. The van der Waals surface area contributed by atoms with Crippen molar-refractivity contribution in [2.75, 3.05) is 0 Å². The average Bonchev–Trinajstić information content (AvgIpc) is 3.82. The Balaban J connectivity index is 1.12. The van der Waals surface area contributed by atoms with Gasteiger partial charge in [-0.2, -0.15) is 4.98 Å². The van der Waals surface area contributed by atoms with E-state index in [1.54, 1.807) is 0 Å². The van der Waals surface area contributed by atoms with E-state index in [2.05, 4.69) is 142 Å². The Kier molecular flexibility index (Phi) is 5.44. The van der Waals surface area contributed by atoms with Gasteiger partial charge in [-0.15, -0.1) is 0 Å². The maximum Gasteiger partial charge on any atom is 0.310 e. The molecule has 11 aromatic rings. The number of rotatable bonds is 3. The van der Waals surface area contributed by atoms with Crippen LogP contribution in [0.3, 0.4) is 0 Å². The van der Waals surface area contributed by atoms with Gasteiger partial charge in [0.05, 0.1) is 38.5 Å². The second-order valence-corrected chi connectivity index (χ2v) is 12.8. The summed E-state index contributed by atoms with van der Waals surface area (Å²) in [7, 11) is 0. The number of aromatic nitrogens is 4. The molecule has 7 aromatic carbocycles. The van der Waals surface area contributed by atoms with Crippen molar-refractivity contribution in [2.45, 2.75) is 0 Å². The molecule has 0 saturated heterocycles. The predicted molar refractivity (Wildman–Crippen MR) is 203 cm³/mol. The lowest BCUT2D eigenvalue weighted by Gasteiger charge is -2.10. The highest BCUT2D eigenvalue weighted by Gasteiger charge is 2.18. The van der Waals surface area contributed by atoms with E-state index in [9.17, 15) is 4.79 Å². The summed E-state index contributed by atoms with van der Waals surface area (Å²) in [5.74, 6) is 0.288. The summed E-state index contributed by atoms with van der Waals surface area (Å²) in [5, 5.41) is 5.39. The highest BCUT2D eigenvalue weighted by molar-refractivity contribution is 6.12. The van der Waals surface area contributed by atoms with Gasteiger partial charge in [-0.05, 0) is 90.0 Å². The summed E-state index contributed by atoms with van der Waals surface area (Å²) in [5.41, 5.74) is 11.1. The third kappa shape index (κ3) is 3.73. The van der Waals surface area contributed by atoms with Crippen molar-refractivity contribution in [3.63, 3.8) is 0 Å². The van der Waals surface area contributed by atoms with Crippen LogP contribution in [0.1, 0.15) is 0 Å². The number of fused-ring (bicyclic) bond motifs is 11. The molecule has 11 rings (SSSR count).